The quantitative estimate of drug-likeness (QED) is 0.574. The van der Waals surface area contributed by atoms with Crippen LogP contribution in [0.25, 0.3) is 0 Å². The Morgan fingerprint density at radius 1 is 0.939 bits per heavy atom. The average Bonchev–Trinajstić information content (AvgIpc) is 3.18. The van der Waals surface area contributed by atoms with Gasteiger partial charge >= 0.3 is 11.9 Å². The van der Waals surface area contributed by atoms with Crippen molar-refractivity contribution < 1.29 is 33.3 Å². The van der Waals surface area contributed by atoms with Crippen LogP contribution in [0.15, 0.2) is 0 Å². The fraction of sp³-hybridized carbons (Fsp3) is 0.885. The van der Waals surface area contributed by atoms with E-state index in [4.69, 9.17) is 18.9 Å². The molecule has 0 bridgehead atoms. The Morgan fingerprint density at radius 3 is 2.33 bits per heavy atom. The maximum absolute atomic E-state index is 13.0. The lowest BCUT2D eigenvalue weighted by molar-refractivity contribution is -0.282. The highest BCUT2D eigenvalue weighted by Gasteiger charge is 2.75. The lowest BCUT2D eigenvalue weighted by Crippen LogP contribution is -2.74. The molecule has 0 aromatic heterocycles. The minimum Gasteiger partial charge on any atom is -0.462 e. The van der Waals surface area contributed by atoms with E-state index in [-0.39, 0.29) is 52.7 Å². The van der Waals surface area contributed by atoms with Crippen LogP contribution in [0.4, 0.5) is 0 Å². The Kier molecular flexibility index (Phi) is 5.13. The van der Waals surface area contributed by atoms with Gasteiger partial charge in [-0.05, 0) is 63.7 Å². The molecular formula is C26H38O7. The molecule has 0 aromatic rings. The van der Waals surface area contributed by atoms with E-state index in [1.54, 1.807) is 0 Å². The third kappa shape index (κ3) is 3.17. The fourth-order valence-corrected chi connectivity index (χ4v) is 8.69. The molecule has 4 aliphatic carbocycles. The fourth-order valence-electron chi connectivity index (χ4n) is 8.69. The molecule has 0 N–H and O–H groups in total. The number of hydrogen-bond donors (Lipinski definition) is 0. The lowest BCUT2D eigenvalue weighted by Gasteiger charge is -2.66. The van der Waals surface area contributed by atoms with Gasteiger partial charge in [-0.2, -0.15) is 0 Å². The zero-order valence-electron chi connectivity index (χ0n) is 20.8. The summed E-state index contributed by atoms with van der Waals surface area (Å²) in [6.07, 6.45) is 4.10. The van der Waals surface area contributed by atoms with E-state index in [1.807, 2.05) is 13.8 Å². The van der Waals surface area contributed by atoms with Crippen LogP contribution in [-0.2, 0) is 33.3 Å². The van der Waals surface area contributed by atoms with E-state index >= 15 is 0 Å². The van der Waals surface area contributed by atoms with Crippen molar-refractivity contribution in [1.29, 1.82) is 0 Å². The molecule has 0 spiro atoms. The Labute approximate surface area is 196 Å². The van der Waals surface area contributed by atoms with Gasteiger partial charge in [0, 0.05) is 37.5 Å². The van der Waals surface area contributed by atoms with Gasteiger partial charge in [0.25, 0.3) is 0 Å². The minimum atomic E-state index is -0.951. The van der Waals surface area contributed by atoms with Crippen LogP contribution >= 0.6 is 0 Å². The number of carbonyl (C=O) groups is 3. The molecule has 1 aliphatic heterocycles. The van der Waals surface area contributed by atoms with E-state index in [0.717, 1.165) is 32.1 Å². The first-order valence-electron chi connectivity index (χ1n) is 12.6. The average molecular weight is 463 g/mol. The van der Waals surface area contributed by atoms with E-state index in [0.29, 0.717) is 18.6 Å². The van der Waals surface area contributed by atoms with Gasteiger partial charge in [0.1, 0.15) is 23.6 Å². The summed E-state index contributed by atoms with van der Waals surface area (Å²) in [4.78, 5) is 37.3. The van der Waals surface area contributed by atoms with Crippen LogP contribution in [0.5, 0.6) is 0 Å². The third-order valence-electron chi connectivity index (χ3n) is 9.97. The second-order valence-corrected chi connectivity index (χ2v) is 12.1. The molecule has 33 heavy (non-hydrogen) atoms. The molecular weight excluding hydrogens is 424 g/mol. The van der Waals surface area contributed by atoms with E-state index < -0.39 is 17.5 Å². The van der Waals surface area contributed by atoms with Crippen molar-refractivity contribution in [2.45, 2.75) is 116 Å². The normalized spacial score (nSPS) is 49.9. The highest BCUT2D eigenvalue weighted by Crippen LogP contribution is 2.70. The van der Waals surface area contributed by atoms with Crippen LogP contribution < -0.4 is 0 Å². The van der Waals surface area contributed by atoms with Crippen LogP contribution in [-0.4, -0.2) is 47.4 Å². The van der Waals surface area contributed by atoms with Crippen molar-refractivity contribution in [3.05, 3.63) is 0 Å². The van der Waals surface area contributed by atoms with Crippen molar-refractivity contribution >= 4 is 17.7 Å². The minimum absolute atomic E-state index is 0.168. The van der Waals surface area contributed by atoms with Crippen molar-refractivity contribution in [3.63, 3.8) is 0 Å². The van der Waals surface area contributed by atoms with E-state index in [9.17, 15) is 14.4 Å². The first-order valence-corrected chi connectivity index (χ1v) is 12.6. The highest BCUT2D eigenvalue weighted by atomic mass is 16.8. The Bertz CT molecular complexity index is 882. The number of esters is 2. The summed E-state index contributed by atoms with van der Waals surface area (Å²) in [5.41, 5.74) is -1.63. The Hall–Kier alpha value is -1.47. The number of rotatable bonds is 2. The highest BCUT2D eigenvalue weighted by molar-refractivity contribution is 5.87. The molecule has 1 heterocycles. The topological polar surface area (TPSA) is 88.1 Å². The number of fused-ring (bicyclic) bond motifs is 8. The smallest absolute Gasteiger partial charge is 0.303 e. The first kappa shape index (κ1) is 23.3. The van der Waals surface area contributed by atoms with Gasteiger partial charge in [0.2, 0.25) is 0 Å². The third-order valence-corrected chi connectivity index (χ3v) is 9.97. The monoisotopic (exact) mass is 462 g/mol. The molecule has 9 atom stereocenters. The largest absolute Gasteiger partial charge is 0.462 e. The molecule has 5 fully saturated rings. The second-order valence-electron chi connectivity index (χ2n) is 12.1. The second kappa shape index (κ2) is 7.27. The lowest BCUT2D eigenvalue weighted by atomic mass is 9.42. The van der Waals surface area contributed by atoms with Crippen LogP contribution in [0, 0.1) is 28.6 Å². The summed E-state index contributed by atoms with van der Waals surface area (Å²) in [6.45, 7) is 11.1. The van der Waals surface area contributed by atoms with Gasteiger partial charge in [-0.1, -0.05) is 13.8 Å². The summed E-state index contributed by atoms with van der Waals surface area (Å²) in [7, 11) is 0. The summed E-state index contributed by atoms with van der Waals surface area (Å²) in [6, 6.07) is 0. The standard InChI is InChI=1S/C26H38O7/c1-14(27)30-16-9-12-25(6)18-10-11-24(5)17(7-8-19(24)29)20(18)21-22(33-23(3,4)32-21)26(25,13-16)31-15(2)28/h16-18,20-22H,7-13H2,1-6H3/t16-,17?,18?,20?,21+,22-,24-,25+,26?/m0/s1. The van der Waals surface area contributed by atoms with Gasteiger partial charge in [0.05, 0.1) is 6.10 Å². The molecule has 184 valence electrons. The van der Waals surface area contributed by atoms with Gasteiger partial charge in [0.15, 0.2) is 5.79 Å². The molecule has 7 nitrogen and oxygen atoms in total. The van der Waals surface area contributed by atoms with Crippen LogP contribution in [0.3, 0.4) is 0 Å². The van der Waals surface area contributed by atoms with Gasteiger partial charge in [-0.3, -0.25) is 14.4 Å². The molecule has 0 amide bonds. The van der Waals surface area contributed by atoms with Crippen molar-refractivity contribution in [2.75, 3.05) is 0 Å². The van der Waals surface area contributed by atoms with Crippen LogP contribution in [0.1, 0.15) is 86.5 Å². The van der Waals surface area contributed by atoms with Crippen molar-refractivity contribution in [2.24, 2.45) is 28.6 Å². The summed E-state index contributed by atoms with van der Waals surface area (Å²) in [5, 5.41) is 0. The summed E-state index contributed by atoms with van der Waals surface area (Å²) >= 11 is 0. The number of hydrogen-bond acceptors (Lipinski definition) is 7. The number of ketones is 1. The predicted octanol–water partition coefficient (Wildman–Crippen LogP) is 3.96. The molecule has 0 aromatic carbocycles. The molecule has 4 saturated carbocycles. The summed E-state index contributed by atoms with van der Waals surface area (Å²) in [5.74, 6) is -0.490. The molecule has 1 saturated heterocycles. The van der Waals surface area contributed by atoms with E-state index in [1.165, 1.54) is 13.8 Å². The first-order chi connectivity index (χ1) is 15.3. The molecule has 0 radical (unpaired) electrons. The van der Waals surface area contributed by atoms with Gasteiger partial charge < -0.3 is 18.9 Å². The SMILES string of the molecule is CC(=O)O[C@H]1CC[C@]2(C)C3CC[C@]4(C)C(=O)CCC4C3[C@H]3OC(C)(C)O[C@@H]3C2(OC(C)=O)C1. The number of Topliss-reactive ketones (excluding diaryl/α,β-unsaturated/α-hetero) is 1. The van der Waals surface area contributed by atoms with Crippen molar-refractivity contribution in [1.82, 2.24) is 0 Å². The predicted molar refractivity (Wildman–Crippen MR) is 118 cm³/mol. The molecule has 5 aliphatic rings. The maximum atomic E-state index is 13.0. The van der Waals surface area contributed by atoms with E-state index in [2.05, 4.69) is 13.8 Å². The molecule has 7 heteroatoms. The van der Waals surface area contributed by atoms with Crippen molar-refractivity contribution in [3.8, 4) is 0 Å². The zero-order valence-corrected chi connectivity index (χ0v) is 20.8. The molecule has 4 unspecified atom stereocenters. The Balaban J connectivity index is 1.64. The zero-order chi connectivity index (χ0) is 24.0. The number of carbonyl (C=O) groups excluding carboxylic acids is 3. The Morgan fingerprint density at radius 2 is 1.67 bits per heavy atom. The number of ether oxygens (including phenoxy) is 4. The van der Waals surface area contributed by atoms with Crippen LogP contribution in [0.2, 0.25) is 0 Å². The van der Waals surface area contributed by atoms with Gasteiger partial charge in [-0.25, -0.2) is 0 Å². The summed E-state index contributed by atoms with van der Waals surface area (Å²) < 4.78 is 25.1. The van der Waals surface area contributed by atoms with Gasteiger partial charge in [-0.15, -0.1) is 0 Å². The molecule has 5 rings (SSSR count). The maximum Gasteiger partial charge on any atom is 0.303 e.